The van der Waals surface area contributed by atoms with Crippen molar-refractivity contribution in [3.05, 3.63) is 23.7 Å². The van der Waals surface area contributed by atoms with E-state index >= 15 is 0 Å². The Labute approximate surface area is 103 Å². The second-order valence-electron chi connectivity index (χ2n) is 4.72. The maximum atomic E-state index is 11.5. The van der Waals surface area contributed by atoms with Gasteiger partial charge in [-0.25, -0.2) is 0 Å². The first-order valence-electron chi connectivity index (χ1n) is 6.04. The summed E-state index contributed by atoms with van der Waals surface area (Å²) in [6.45, 7) is 8.99. The Hall–Kier alpha value is -1.29. The van der Waals surface area contributed by atoms with E-state index in [1.165, 1.54) is 0 Å². The first-order valence-corrected chi connectivity index (χ1v) is 6.04. The normalized spacial score (nSPS) is 12.8. The van der Waals surface area contributed by atoms with Crippen molar-refractivity contribution in [2.75, 3.05) is 6.54 Å². The Kier molecular flexibility index (Phi) is 5.22. The fourth-order valence-corrected chi connectivity index (χ4v) is 1.35. The van der Waals surface area contributed by atoms with Crippen molar-refractivity contribution in [1.82, 2.24) is 10.6 Å². The molecule has 96 valence electrons. The molecule has 0 aliphatic carbocycles. The summed E-state index contributed by atoms with van der Waals surface area (Å²) in [6, 6.07) is 4.03. The molecule has 4 heteroatoms. The second kappa shape index (κ2) is 6.45. The van der Waals surface area contributed by atoms with Gasteiger partial charge in [0.2, 0.25) is 5.91 Å². The minimum atomic E-state index is 0.0227. The van der Waals surface area contributed by atoms with E-state index in [0.717, 1.165) is 11.5 Å². The van der Waals surface area contributed by atoms with Crippen molar-refractivity contribution in [1.29, 1.82) is 0 Å². The molecule has 0 fully saturated rings. The van der Waals surface area contributed by atoms with Crippen molar-refractivity contribution in [3.8, 4) is 0 Å². The summed E-state index contributed by atoms with van der Waals surface area (Å²) >= 11 is 0. The van der Waals surface area contributed by atoms with Crippen LogP contribution in [0.4, 0.5) is 0 Å². The Balaban J connectivity index is 2.20. The topological polar surface area (TPSA) is 54.3 Å². The molecular weight excluding hydrogens is 216 g/mol. The Morgan fingerprint density at radius 3 is 2.59 bits per heavy atom. The minimum absolute atomic E-state index is 0.0227. The maximum Gasteiger partial charge on any atom is 0.234 e. The lowest BCUT2D eigenvalue weighted by atomic mass is 10.1. The number of hydrogen-bond acceptors (Lipinski definition) is 3. The van der Waals surface area contributed by atoms with E-state index in [0.29, 0.717) is 19.0 Å². The van der Waals surface area contributed by atoms with E-state index in [4.69, 9.17) is 4.42 Å². The van der Waals surface area contributed by atoms with Gasteiger partial charge in [-0.15, -0.1) is 0 Å². The van der Waals surface area contributed by atoms with Crippen molar-refractivity contribution in [3.63, 3.8) is 0 Å². The minimum Gasteiger partial charge on any atom is -0.465 e. The van der Waals surface area contributed by atoms with Gasteiger partial charge in [0.25, 0.3) is 0 Å². The maximum absolute atomic E-state index is 11.5. The highest BCUT2D eigenvalue weighted by Crippen LogP contribution is 2.05. The summed E-state index contributed by atoms with van der Waals surface area (Å²) in [7, 11) is 0. The van der Waals surface area contributed by atoms with Gasteiger partial charge in [-0.3, -0.25) is 4.79 Å². The van der Waals surface area contributed by atoms with Gasteiger partial charge in [0.05, 0.1) is 13.1 Å². The molecule has 4 nitrogen and oxygen atoms in total. The average Bonchev–Trinajstić information content (AvgIpc) is 2.64. The van der Waals surface area contributed by atoms with Crippen LogP contribution in [0.25, 0.3) is 0 Å². The van der Waals surface area contributed by atoms with Gasteiger partial charge in [-0.05, 0) is 31.9 Å². The highest BCUT2D eigenvalue weighted by Gasteiger charge is 2.10. The van der Waals surface area contributed by atoms with Crippen LogP contribution in [0.15, 0.2) is 16.5 Å². The highest BCUT2D eigenvalue weighted by molar-refractivity contribution is 5.78. The first-order chi connectivity index (χ1) is 7.99. The molecule has 0 spiro atoms. The summed E-state index contributed by atoms with van der Waals surface area (Å²) in [5.41, 5.74) is 0. The standard InChI is InChI=1S/C13H22N2O2/c1-9(2)11(4)15-13(16)8-14-7-12-6-5-10(3)17-12/h5-6,9,11,14H,7-8H2,1-4H3,(H,15,16). The van der Waals surface area contributed by atoms with Crippen LogP contribution in [0.3, 0.4) is 0 Å². The summed E-state index contributed by atoms with van der Waals surface area (Å²) in [4.78, 5) is 11.5. The van der Waals surface area contributed by atoms with Gasteiger partial charge in [0.1, 0.15) is 11.5 Å². The lowest BCUT2D eigenvalue weighted by Gasteiger charge is -2.17. The molecule has 2 N–H and O–H groups in total. The molecule has 1 unspecified atom stereocenters. The van der Waals surface area contributed by atoms with Crippen LogP contribution in [-0.4, -0.2) is 18.5 Å². The molecule has 0 radical (unpaired) electrons. The van der Waals surface area contributed by atoms with Gasteiger partial charge in [0, 0.05) is 6.04 Å². The van der Waals surface area contributed by atoms with E-state index in [2.05, 4.69) is 24.5 Å². The van der Waals surface area contributed by atoms with E-state index in [9.17, 15) is 4.79 Å². The number of carbonyl (C=O) groups excluding carboxylic acids is 1. The average molecular weight is 238 g/mol. The second-order valence-corrected chi connectivity index (χ2v) is 4.72. The number of rotatable bonds is 6. The molecule has 1 atom stereocenters. The molecule has 17 heavy (non-hydrogen) atoms. The van der Waals surface area contributed by atoms with Gasteiger partial charge in [-0.1, -0.05) is 13.8 Å². The van der Waals surface area contributed by atoms with Crippen LogP contribution in [0, 0.1) is 12.8 Å². The third-order valence-electron chi connectivity index (χ3n) is 2.77. The number of amides is 1. The molecular formula is C13H22N2O2. The largest absolute Gasteiger partial charge is 0.465 e. The number of furan rings is 1. The number of hydrogen-bond donors (Lipinski definition) is 2. The molecule has 0 saturated carbocycles. The molecule has 0 aliphatic heterocycles. The quantitative estimate of drug-likeness (QED) is 0.795. The lowest BCUT2D eigenvalue weighted by Crippen LogP contribution is -2.41. The Morgan fingerprint density at radius 2 is 2.06 bits per heavy atom. The monoisotopic (exact) mass is 238 g/mol. The van der Waals surface area contributed by atoms with E-state index in [1.807, 2.05) is 26.0 Å². The van der Waals surface area contributed by atoms with Crippen molar-refractivity contribution in [2.24, 2.45) is 5.92 Å². The summed E-state index contributed by atoms with van der Waals surface area (Å²) < 4.78 is 5.39. The predicted molar refractivity (Wildman–Crippen MR) is 67.6 cm³/mol. The Bertz CT molecular complexity index is 358. The molecule has 0 saturated heterocycles. The van der Waals surface area contributed by atoms with Gasteiger partial charge in [0.15, 0.2) is 0 Å². The van der Waals surface area contributed by atoms with Gasteiger partial charge in [-0.2, -0.15) is 0 Å². The zero-order valence-electron chi connectivity index (χ0n) is 11.0. The fourth-order valence-electron chi connectivity index (χ4n) is 1.35. The Morgan fingerprint density at radius 1 is 1.35 bits per heavy atom. The number of nitrogens with one attached hydrogen (secondary N) is 2. The molecule has 1 aromatic rings. The van der Waals surface area contributed by atoms with Crippen LogP contribution in [0.1, 0.15) is 32.3 Å². The van der Waals surface area contributed by atoms with Crippen LogP contribution in [0.5, 0.6) is 0 Å². The number of aryl methyl sites for hydroxylation is 1. The SMILES string of the molecule is Cc1ccc(CNCC(=O)NC(C)C(C)C)o1. The van der Waals surface area contributed by atoms with Crippen LogP contribution in [-0.2, 0) is 11.3 Å². The van der Waals surface area contributed by atoms with Crippen LogP contribution in [0.2, 0.25) is 0 Å². The van der Waals surface area contributed by atoms with Gasteiger partial charge < -0.3 is 15.1 Å². The van der Waals surface area contributed by atoms with Gasteiger partial charge >= 0.3 is 0 Å². The lowest BCUT2D eigenvalue weighted by molar-refractivity contribution is -0.121. The fraction of sp³-hybridized carbons (Fsp3) is 0.615. The van der Waals surface area contributed by atoms with Crippen LogP contribution >= 0.6 is 0 Å². The van der Waals surface area contributed by atoms with E-state index < -0.39 is 0 Å². The number of carbonyl (C=O) groups is 1. The zero-order chi connectivity index (χ0) is 12.8. The molecule has 0 aliphatic rings. The highest BCUT2D eigenvalue weighted by atomic mass is 16.3. The zero-order valence-corrected chi connectivity index (χ0v) is 11.0. The predicted octanol–water partition coefficient (Wildman–Crippen LogP) is 1.84. The van der Waals surface area contributed by atoms with Crippen molar-refractivity contribution in [2.45, 2.75) is 40.3 Å². The van der Waals surface area contributed by atoms with E-state index in [-0.39, 0.29) is 11.9 Å². The summed E-state index contributed by atoms with van der Waals surface area (Å²) in [6.07, 6.45) is 0. The first kappa shape index (κ1) is 13.8. The molecule has 0 bridgehead atoms. The molecule has 1 aromatic heterocycles. The third-order valence-corrected chi connectivity index (χ3v) is 2.77. The van der Waals surface area contributed by atoms with E-state index in [1.54, 1.807) is 0 Å². The van der Waals surface area contributed by atoms with Crippen LogP contribution < -0.4 is 10.6 Å². The molecule has 1 amide bonds. The van der Waals surface area contributed by atoms with Crippen molar-refractivity contribution < 1.29 is 9.21 Å². The molecule has 1 heterocycles. The third kappa shape index (κ3) is 5.04. The molecule has 0 aromatic carbocycles. The smallest absolute Gasteiger partial charge is 0.234 e. The summed E-state index contributed by atoms with van der Waals surface area (Å²) in [5.74, 6) is 2.22. The molecule has 1 rings (SSSR count). The van der Waals surface area contributed by atoms with Crippen molar-refractivity contribution >= 4 is 5.91 Å². The summed E-state index contributed by atoms with van der Waals surface area (Å²) in [5, 5.41) is 5.99.